The molecule has 1 saturated heterocycles. The van der Waals surface area contributed by atoms with E-state index in [1.165, 1.54) is 31.2 Å². The Bertz CT molecular complexity index is 480. The SMILES string of the molecule is COc1cccc(CCCN2CCOCC2)c1OC1CCCC1. The number of hydrogen-bond donors (Lipinski definition) is 0. The van der Waals surface area contributed by atoms with E-state index in [-0.39, 0.29) is 0 Å². The average molecular weight is 319 g/mol. The summed E-state index contributed by atoms with van der Waals surface area (Å²) in [6.07, 6.45) is 7.46. The summed E-state index contributed by atoms with van der Waals surface area (Å²) in [5.74, 6) is 1.85. The molecule has 128 valence electrons. The van der Waals surface area contributed by atoms with Crippen LogP contribution in [0.15, 0.2) is 18.2 Å². The van der Waals surface area contributed by atoms with E-state index in [0.29, 0.717) is 6.10 Å². The van der Waals surface area contributed by atoms with Gasteiger partial charge in [-0.1, -0.05) is 12.1 Å². The highest BCUT2D eigenvalue weighted by Gasteiger charge is 2.20. The maximum Gasteiger partial charge on any atom is 0.164 e. The van der Waals surface area contributed by atoms with Crippen molar-refractivity contribution in [2.45, 2.75) is 44.6 Å². The normalized spacial score (nSPS) is 19.9. The summed E-state index contributed by atoms with van der Waals surface area (Å²) >= 11 is 0. The van der Waals surface area contributed by atoms with Crippen LogP contribution in [0, 0.1) is 0 Å². The molecule has 1 aliphatic carbocycles. The average Bonchev–Trinajstić information content (AvgIpc) is 3.10. The number of nitrogens with zero attached hydrogens (tertiary/aromatic N) is 1. The number of hydrogen-bond acceptors (Lipinski definition) is 4. The standard InChI is InChI=1S/C19H29NO3/c1-21-18-10-4-6-16(19(18)23-17-8-2-3-9-17)7-5-11-20-12-14-22-15-13-20/h4,6,10,17H,2-3,5,7-9,11-15H2,1H3. The lowest BCUT2D eigenvalue weighted by Gasteiger charge is -2.26. The Morgan fingerprint density at radius 3 is 2.70 bits per heavy atom. The predicted octanol–water partition coefficient (Wildman–Crippen LogP) is 3.28. The minimum absolute atomic E-state index is 0.365. The van der Waals surface area contributed by atoms with Gasteiger partial charge < -0.3 is 14.2 Å². The molecule has 0 N–H and O–H groups in total. The number of rotatable bonds is 7. The third kappa shape index (κ3) is 4.61. The van der Waals surface area contributed by atoms with Crippen LogP contribution < -0.4 is 9.47 Å². The van der Waals surface area contributed by atoms with E-state index in [1.807, 2.05) is 6.07 Å². The molecular formula is C19H29NO3. The van der Waals surface area contributed by atoms with Gasteiger partial charge in [0.1, 0.15) is 0 Å². The van der Waals surface area contributed by atoms with Crippen LogP contribution in [0.25, 0.3) is 0 Å². The van der Waals surface area contributed by atoms with Gasteiger partial charge in [-0.05, 0) is 56.7 Å². The second-order valence-corrected chi connectivity index (χ2v) is 6.53. The molecule has 0 spiro atoms. The molecule has 1 aliphatic heterocycles. The molecule has 1 aromatic rings. The predicted molar refractivity (Wildman–Crippen MR) is 91.5 cm³/mol. The second-order valence-electron chi connectivity index (χ2n) is 6.53. The van der Waals surface area contributed by atoms with Crippen LogP contribution in [0.2, 0.25) is 0 Å². The summed E-state index contributed by atoms with van der Waals surface area (Å²) in [7, 11) is 1.73. The summed E-state index contributed by atoms with van der Waals surface area (Å²) in [6, 6.07) is 6.27. The molecule has 0 radical (unpaired) electrons. The van der Waals surface area contributed by atoms with Gasteiger partial charge in [-0.25, -0.2) is 0 Å². The third-order valence-corrected chi connectivity index (χ3v) is 4.89. The van der Waals surface area contributed by atoms with Gasteiger partial charge in [0, 0.05) is 13.1 Å². The number of morpholine rings is 1. The minimum Gasteiger partial charge on any atom is -0.493 e. The van der Waals surface area contributed by atoms with E-state index >= 15 is 0 Å². The highest BCUT2D eigenvalue weighted by Crippen LogP contribution is 2.35. The van der Waals surface area contributed by atoms with E-state index < -0.39 is 0 Å². The summed E-state index contributed by atoms with van der Waals surface area (Å²) in [4.78, 5) is 2.49. The van der Waals surface area contributed by atoms with E-state index in [4.69, 9.17) is 14.2 Å². The molecule has 0 bridgehead atoms. The molecule has 3 rings (SSSR count). The molecule has 0 amide bonds. The first kappa shape index (κ1) is 16.6. The van der Waals surface area contributed by atoms with Gasteiger partial charge in [-0.2, -0.15) is 0 Å². The molecule has 23 heavy (non-hydrogen) atoms. The number of methoxy groups -OCH3 is 1. The molecule has 1 heterocycles. The highest BCUT2D eigenvalue weighted by molar-refractivity contribution is 5.47. The van der Waals surface area contributed by atoms with Crippen LogP contribution in [-0.4, -0.2) is 51.0 Å². The van der Waals surface area contributed by atoms with Gasteiger partial charge >= 0.3 is 0 Å². The fourth-order valence-corrected chi connectivity index (χ4v) is 3.54. The van der Waals surface area contributed by atoms with E-state index in [2.05, 4.69) is 17.0 Å². The summed E-state index contributed by atoms with van der Waals surface area (Å²) < 4.78 is 17.3. The first-order chi connectivity index (χ1) is 11.4. The summed E-state index contributed by atoms with van der Waals surface area (Å²) in [5.41, 5.74) is 1.28. The Morgan fingerprint density at radius 1 is 1.17 bits per heavy atom. The largest absolute Gasteiger partial charge is 0.493 e. The van der Waals surface area contributed by atoms with Crippen LogP contribution in [0.1, 0.15) is 37.7 Å². The molecule has 0 aromatic heterocycles. The van der Waals surface area contributed by atoms with Crippen molar-refractivity contribution in [3.8, 4) is 11.5 Å². The lowest BCUT2D eigenvalue weighted by atomic mass is 10.1. The fourth-order valence-electron chi connectivity index (χ4n) is 3.54. The van der Waals surface area contributed by atoms with E-state index in [9.17, 15) is 0 Å². The Kier molecular flexibility index (Phi) is 6.17. The minimum atomic E-state index is 0.365. The fraction of sp³-hybridized carbons (Fsp3) is 0.684. The van der Waals surface area contributed by atoms with Crippen molar-refractivity contribution < 1.29 is 14.2 Å². The molecule has 4 heteroatoms. The second kappa shape index (κ2) is 8.55. The molecular weight excluding hydrogens is 290 g/mol. The van der Waals surface area contributed by atoms with Gasteiger partial charge in [0.15, 0.2) is 11.5 Å². The van der Waals surface area contributed by atoms with Crippen LogP contribution in [0.3, 0.4) is 0 Å². The van der Waals surface area contributed by atoms with E-state index in [1.54, 1.807) is 7.11 Å². The Morgan fingerprint density at radius 2 is 1.96 bits per heavy atom. The zero-order chi connectivity index (χ0) is 15.9. The third-order valence-electron chi connectivity index (χ3n) is 4.89. The smallest absolute Gasteiger partial charge is 0.164 e. The molecule has 4 nitrogen and oxygen atoms in total. The number of para-hydroxylation sites is 1. The molecule has 0 unspecified atom stereocenters. The highest BCUT2D eigenvalue weighted by atomic mass is 16.5. The number of aryl methyl sites for hydroxylation is 1. The Hall–Kier alpha value is -1.26. The first-order valence-corrected chi connectivity index (χ1v) is 8.99. The van der Waals surface area contributed by atoms with Gasteiger partial charge in [0.2, 0.25) is 0 Å². The lowest BCUT2D eigenvalue weighted by Crippen LogP contribution is -2.36. The molecule has 0 atom stereocenters. The van der Waals surface area contributed by atoms with Gasteiger partial charge in [-0.15, -0.1) is 0 Å². The maximum absolute atomic E-state index is 6.31. The number of ether oxygens (including phenoxy) is 3. The van der Waals surface area contributed by atoms with Crippen LogP contribution in [-0.2, 0) is 11.2 Å². The number of benzene rings is 1. The monoisotopic (exact) mass is 319 g/mol. The lowest BCUT2D eigenvalue weighted by molar-refractivity contribution is 0.0374. The first-order valence-electron chi connectivity index (χ1n) is 8.99. The zero-order valence-electron chi connectivity index (χ0n) is 14.3. The van der Waals surface area contributed by atoms with Crippen molar-refractivity contribution in [3.63, 3.8) is 0 Å². The van der Waals surface area contributed by atoms with Crippen LogP contribution in [0.5, 0.6) is 11.5 Å². The van der Waals surface area contributed by atoms with Crippen molar-refractivity contribution in [2.24, 2.45) is 0 Å². The molecule has 2 aliphatic rings. The van der Waals surface area contributed by atoms with Crippen LogP contribution >= 0.6 is 0 Å². The van der Waals surface area contributed by atoms with Crippen molar-refractivity contribution in [1.82, 2.24) is 4.90 Å². The van der Waals surface area contributed by atoms with Gasteiger partial charge in [-0.3, -0.25) is 4.90 Å². The zero-order valence-corrected chi connectivity index (χ0v) is 14.3. The van der Waals surface area contributed by atoms with Crippen molar-refractivity contribution >= 4 is 0 Å². The van der Waals surface area contributed by atoms with Crippen molar-refractivity contribution in [3.05, 3.63) is 23.8 Å². The van der Waals surface area contributed by atoms with Crippen LogP contribution in [0.4, 0.5) is 0 Å². The maximum atomic E-state index is 6.31. The molecule has 1 aromatic carbocycles. The van der Waals surface area contributed by atoms with E-state index in [0.717, 1.165) is 57.2 Å². The summed E-state index contributed by atoms with van der Waals surface area (Å²) in [6.45, 7) is 4.99. The Labute approximate surface area is 139 Å². The molecule has 1 saturated carbocycles. The van der Waals surface area contributed by atoms with Gasteiger partial charge in [0.05, 0.1) is 26.4 Å². The summed E-state index contributed by atoms with van der Waals surface area (Å²) in [5, 5.41) is 0. The van der Waals surface area contributed by atoms with Crippen molar-refractivity contribution in [2.75, 3.05) is 40.0 Å². The van der Waals surface area contributed by atoms with Crippen molar-refractivity contribution in [1.29, 1.82) is 0 Å². The molecule has 2 fully saturated rings. The quantitative estimate of drug-likeness (QED) is 0.772. The van der Waals surface area contributed by atoms with Gasteiger partial charge in [0.25, 0.3) is 0 Å². The topological polar surface area (TPSA) is 30.9 Å². The Balaban J connectivity index is 1.60.